The Kier molecular flexibility index (Phi) is 3.20. The molecule has 84 valence electrons. The lowest BCUT2D eigenvalue weighted by molar-refractivity contribution is 0.516. The summed E-state index contributed by atoms with van der Waals surface area (Å²) in [5.41, 5.74) is 5.03. The second-order valence-electron chi connectivity index (χ2n) is 4.19. The summed E-state index contributed by atoms with van der Waals surface area (Å²) in [6, 6.07) is 8.48. The van der Waals surface area contributed by atoms with Crippen molar-refractivity contribution in [2.24, 2.45) is 0 Å². The molecule has 0 saturated carbocycles. The van der Waals surface area contributed by atoms with Crippen LogP contribution in [0.25, 0.3) is 0 Å². The molecule has 0 aliphatic rings. The third-order valence-corrected chi connectivity index (χ3v) is 3.74. The van der Waals surface area contributed by atoms with E-state index in [1.165, 1.54) is 22.3 Å². The molecular formula is C14H15BrO. The first-order valence-electron chi connectivity index (χ1n) is 5.35. The molecule has 0 radical (unpaired) electrons. The van der Waals surface area contributed by atoms with Gasteiger partial charge in [0, 0.05) is 0 Å². The first-order chi connectivity index (χ1) is 7.59. The van der Waals surface area contributed by atoms with Gasteiger partial charge in [-0.25, -0.2) is 0 Å². The Hall–Kier alpha value is -1.02. The summed E-state index contributed by atoms with van der Waals surface area (Å²) >= 11 is 3.71. The number of alkyl halides is 1. The molecule has 0 spiro atoms. The van der Waals surface area contributed by atoms with Gasteiger partial charge in [0.1, 0.15) is 5.76 Å². The zero-order chi connectivity index (χ0) is 11.7. The normalized spacial score (nSPS) is 12.8. The van der Waals surface area contributed by atoms with Gasteiger partial charge >= 0.3 is 0 Å². The van der Waals surface area contributed by atoms with E-state index in [0.717, 1.165) is 5.76 Å². The highest BCUT2D eigenvalue weighted by atomic mass is 79.9. The van der Waals surface area contributed by atoms with Crippen molar-refractivity contribution in [3.05, 3.63) is 58.5 Å². The van der Waals surface area contributed by atoms with Crippen molar-refractivity contribution in [1.29, 1.82) is 0 Å². The molecule has 0 N–H and O–H groups in total. The van der Waals surface area contributed by atoms with Gasteiger partial charge < -0.3 is 4.42 Å². The molecule has 1 aromatic heterocycles. The summed E-state index contributed by atoms with van der Waals surface area (Å²) in [6.45, 7) is 6.31. The van der Waals surface area contributed by atoms with E-state index < -0.39 is 0 Å². The summed E-state index contributed by atoms with van der Waals surface area (Å²) in [4.78, 5) is 0.142. The van der Waals surface area contributed by atoms with Crippen LogP contribution in [0.15, 0.2) is 34.9 Å². The molecule has 16 heavy (non-hydrogen) atoms. The van der Waals surface area contributed by atoms with Crippen LogP contribution in [-0.4, -0.2) is 0 Å². The van der Waals surface area contributed by atoms with E-state index in [9.17, 15) is 0 Å². The number of hydrogen-bond acceptors (Lipinski definition) is 1. The van der Waals surface area contributed by atoms with Gasteiger partial charge in [-0.15, -0.1) is 0 Å². The van der Waals surface area contributed by atoms with Gasteiger partial charge in [0.05, 0.1) is 11.1 Å². The van der Waals surface area contributed by atoms with Crippen LogP contribution >= 0.6 is 15.9 Å². The lowest BCUT2D eigenvalue weighted by Gasteiger charge is -2.12. The van der Waals surface area contributed by atoms with Crippen molar-refractivity contribution in [2.75, 3.05) is 0 Å². The van der Waals surface area contributed by atoms with E-state index >= 15 is 0 Å². The highest BCUT2D eigenvalue weighted by molar-refractivity contribution is 9.09. The average Bonchev–Trinajstić information content (AvgIpc) is 2.63. The van der Waals surface area contributed by atoms with Crippen LogP contribution in [0.5, 0.6) is 0 Å². The summed E-state index contributed by atoms with van der Waals surface area (Å²) in [5, 5.41) is 0. The highest BCUT2D eigenvalue weighted by Crippen LogP contribution is 2.35. The van der Waals surface area contributed by atoms with Crippen LogP contribution in [0.4, 0.5) is 0 Å². The molecule has 1 atom stereocenters. The number of hydrogen-bond donors (Lipinski definition) is 0. The number of rotatable bonds is 2. The molecule has 0 fully saturated rings. The first kappa shape index (κ1) is 11.5. The monoisotopic (exact) mass is 278 g/mol. The quantitative estimate of drug-likeness (QED) is 0.727. The van der Waals surface area contributed by atoms with Crippen molar-refractivity contribution in [1.82, 2.24) is 0 Å². The maximum Gasteiger partial charge on any atom is 0.124 e. The number of benzene rings is 1. The SMILES string of the molecule is Cc1ccc(C(Br)c2occc2C)c(C)c1. The van der Waals surface area contributed by atoms with E-state index in [2.05, 4.69) is 54.9 Å². The zero-order valence-electron chi connectivity index (χ0n) is 9.75. The molecule has 0 aliphatic heterocycles. The van der Waals surface area contributed by atoms with Crippen molar-refractivity contribution in [2.45, 2.75) is 25.6 Å². The smallest absolute Gasteiger partial charge is 0.124 e. The lowest BCUT2D eigenvalue weighted by Crippen LogP contribution is -1.96. The van der Waals surface area contributed by atoms with E-state index in [1.807, 2.05) is 6.07 Å². The van der Waals surface area contributed by atoms with E-state index in [0.29, 0.717) is 0 Å². The Morgan fingerprint density at radius 2 is 1.81 bits per heavy atom. The summed E-state index contributed by atoms with van der Waals surface area (Å²) < 4.78 is 5.52. The van der Waals surface area contributed by atoms with Gasteiger partial charge in [0.15, 0.2) is 0 Å². The van der Waals surface area contributed by atoms with Crippen molar-refractivity contribution >= 4 is 15.9 Å². The third kappa shape index (κ3) is 2.07. The fraction of sp³-hybridized carbons (Fsp3) is 0.286. The van der Waals surface area contributed by atoms with Crippen molar-refractivity contribution in [3.63, 3.8) is 0 Å². The molecule has 0 aliphatic carbocycles. The summed E-state index contributed by atoms with van der Waals surface area (Å²) in [5.74, 6) is 0.993. The first-order valence-corrected chi connectivity index (χ1v) is 6.26. The molecule has 2 heteroatoms. The average molecular weight is 279 g/mol. The fourth-order valence-electron chi connectivity index (χ4n) is 1.90. The molecule has 1 unspecified atom stereocenters. The Balaban J connectivity index is 2.41. The lowest BCUT2D eigenvalue weighted by atomic mass is 10.0. The summed E-state index contributed by atoms with van der Waals surface area (Å²) in [6.07, 6.45) is 1.74. The van der Waals surface area contributed by atoms with Gasteiger partial charge in [-0.2, -0.15) is 0 Å². The molecule has 0 bridgehead atoms. The Morgan fingerprint density at radius 3 is 2.38 bits per heavy atom. The van der Waals surface area contributed by atoms with Gasteiger partial charge in [-0.05, 0) is 43.5 Å². The second kappa shape index (κ2) is 4.46. The molecule has 2 aromatic rings. The van der Waals surface area contributed by atoms with Crippen LogP contribution in [0.1, 0.15) is 32.8 Å². The molecular weight excluding hydrogens is 264 g/mol. The number of aryl methyl sites for hydroxylation is 3. The zero-order valence-corrected chi connectivity index (χ0v) is 11.3. The van der Waals surface area contributed by atoms with Gasteiger partial charge in [0.2, 0.25) is 0 Å². The fourth-order valence-corrected chi connectivity index (χ4v) is 2.88. The minimum absolute atomic E-state index is 0.142. The molecule has 1 aromatic carbocycles. The molecule has 2 rings (SSSR count). The Bertz CT molecular complexity index is 499. The highest BCUT2D eigenvalue weighted by Gasteiger charge is 2.17. The van der Waals surface area contributed by atoms with Crippen LogP contribution < -0.4 is 0 Å². The van der Waals surface area contributed by atoms with Crippen LogP contribution in [0.2, 0.25) is 0 Å². The minimum atomic E-state index is 0.142. The van der Waals surface area contributed by atoms with Gasteiger partial charge in [-0.1, -0.05) is 39.7 Å². The molecule has 1 heterocycles. The minimum Gasteiger partial charge on any atom is -0.468 e. The topological polar surface area (TPSA) is 13.1 Å². The van der Waals surface area contributed by atoms with Gasteiger partial charge in [-0.3, -0.25) is 0 Å². The maximum absolute atomic E-state index is 5.52. The van der Waals surface area contributed by atoms with Crippen LogP contribution in [0.3, 0.4) is 0 Å². The van der Waals surface area contributed by atoms with Crippen LogP contribution in [0, 0.1) is 20.8 Å². The van der Waals surface area contributed by atoms with Gasteiger partial charge in [0.25, 0.3) is 0 Å². The predicted octanol–water partition coefficient (Wildman–Crippen LogP) is 4.69. The van der Waals surface area contributed by atoms with Crippen molar-refractivity contribution < 1.29 is 4.42 Å². The number of furan rings is 1. The molecule has 0 amide bonds. The third-order valence-electron chi connectivity index (χ3n) is 2.83. The van der Waals surface area contributed by atoms with E-state index in [-0.39, 0.29) is 4.83 Å². The van der Waals surface area contributed by atoms with Crippen molar-refractivity contribution in [3.8, 4) is 0 Å². The predicted molar refractivity (Wildman–Crippen MR) is 70.1 cm³/mol. The number of halogens is 1. The largest absolute Gasteiger partial charge is 0.468 e. The second-order valence-corrected chi connectivity index (χ2v) is 5.11. The Morgan fingerprint density at radius 1 is 1.06 bits per heavy atom. The van der Waals surface area contributed by atoms with E-state index in [4.69, 9.17) is 4.42 Å². The standard InChI is InChI=1S/C14H15BrO/c1-9-4-5-12(11(3)8-9)13(15)14-10(2)6-7-16-14/h4-8,13H,1-3H3. The van der Waals surface area contributed by atoms with E-state index in [1.54, 1.807) is 6.26 Å². The van der Waals surface area contributed by atoms with Crippen LogP contribution in [-0.2, 0) is 0 Å². The maximum atomic E-state index is 5.52. The molecule has 0 saturated heterocycles. The summed E-state index contributed by atoms with van der Waals surface area (Å²) in [7, 11) is 0. The Labute approximate surface area is 105 Å². The molecule has 1 nitrogen and oxygen atoms in total.